The molecule has 0 radical (unpaired) electrons. The van der Waals surface area contributed by atoms with Crippen molar-refractivity contribution in [3.8, 4) is 27.3 Å². The second-order valence-electron chi connectivity index (χ2n) is 6.54. The molecule has 29 heavy (non-hydrogen) atoms. The molecule has 0 amide bonds. The minimum atomic E-state index is -0.269. The summed E-state index contributed by atoms with van der Waals surface area (Å²) in [6.07, 6.45) is 0. The maximum absolute atomic E-state index is 13.2. The summed E-state index contributed by atoms with van der Waals surface area (Å²) >= 11 is 5.03. The van der Waals surface area contributed by atoms with E-state index in [9.17, 15) is 9.50 Å². The van der Waals surface area contributed by atoms with E-state index in [0.717, 1.165) is 26.2 Å². The van der Waals surface area contributed by atoms with Crippen molar-refractivity contribution in [2.24, 2.45) is 0 Å². The van der Waals surface area contributed by atoms with Crippen LogP contribution in [0.1, 0.15) is 5.69 Å². The Balaban J connectivity index is 1.63. The molecule has 1 aromatic heterocycles. The minimum Gasteiger partial charge on any atom is -0.507 e. The number of benzene rings is 3. The molecule has 0 saturated carbocycles. The van der Waals surface area contributed by atoms with Crippen molar-refractivity contribution in [3.05, 3.63) is 76.6 Å². The second kappa shape index (κ2) is 7.85. The van der Waals surface area contributed by atoms with Crippen LogP contribution in [-0.4, -0.2) is 10.1 Å². The van der Waals surface area contributed by atoms with Crippen molar-refractivity contribution < 1.29 is 9.50 Å². The van der Waals surface area contributed by atoms with Crippen molar-refractivity contribution >= 4 is 43.8 Å². The molecule has 0 atom stereocenters. The van der Waals surface area contributed by atoms with Gasteiger partial charge in [-0.15, -0.1) is 0 Å². The van der Waals surface area contributed by atoms with Gasteiger partial charge in [0, 0.05) is 21.8 Å². The fourth-order valence-electron chi connectivity index (χ4n) is 2.99. The Labute approximate surface area is 180 Å². The number of aromatic hydroxyl groups is 1. The Bertz CT molecular complexity index is 1170. The number of phenols is 1. The molecule has 1 heterocycles. The van der Waals surface area contributed by atoms with Crippen molar-refractivity contribution in [1.82, 2.24) is 4.98 Å². The highest BCUT2D eigenvalue weighted by molar-refractivity contribution is 9.10. The molecule has 4 rings (SSSR count). The summed E-state index contributed by atoms with van der Waals surface area (Å²) in [6.45, 7) is 1.91. The number of phenolic OH excluding ortho intramolecular Hbond substituents is 1. The standard InChI is InChI=1S/C22H17BrFN3OS/c1-12-21(14-2-6-15(24)7-3-14)29-22(26-12)27-19-11-20(28)17(10-18(19)23)13-4-8-16(25)9-5-13/h2-11,28H,25H2,1H3,(H,26,27). The van der Waals surface area contributed by atoms with Gasteiger partial charge >= 0.3 is 0 Å². The van der Waals surface area contributed by atoms with E-state index in [4.69, 9.17) is 5.73 Å². The molecule has 0 spiro atoms. The minimum absolute atomic E-state index is 0.146. The average Bonchev–Trinajstić information content (AvgIpc) is 3.06. The quantitative estimate of drug-likeness (QED) is 0.290. The first-order valence-corrected chi connectivity index (χ1v) is 10.4. The van der Waals surface area contributed by atoms with Gasteiger partial charge < -0.3 is 16.2 Å². The molecule has 4 nitrogen and oxygen atoms in total. The van der Waals surface area contributed by atoms with Gasteiger partial charge in [-0.1, -0.05) is 35.6 Å². The molecule has 0 aliphatic carbocycles. The lowest BCUT2D eigenvalue weighted by Crippen LogP contribution is -1.92. The molecule has 4 aromatic rings. The molecule has 3 aromatic carbocycles. The molecule has 0 bridgehead atoms. The van der Waals surface area contributed by atoms with Crippen LogP contribution in [0.4, 0.5) is 20.9 Å². The summed E-state index contributed by atoms with van der Waals surface area (Å²) < 4.78 is 14.0. The van der Waals surface area contributed by atoms with E-state index >= 15 is 0 Å². The van der Waals surface area contributed by atoms with Crippen molar-refractivity contribution in [2.75, 3.05) is 11.1 Å². The van der Waals surface area contributed by atoms with E-state index in [-0.39, 0.29) is 11.6 Å². The van der Waals surface area contributed by atoms with Gasteiger partial charge in [0.1, 0.15) is 11.6 Å². The summed E-state index contributed by atoms with van der Waals surface area (Å²) in [5, 5.41) is 14.5. The third kappa shape index (κ3) is 4.11. The van der Waals surface area contributed by atoms with Crippen LogP contribution in [0.2, 0.25) is 0 Å². The molecular formula is C22H17BrFN3OS. The van der Waals surface area contributed by atoms with Crippen LogP contribution < -0.4 is 11.1 Å². The highest BCUT2D eigenvalue weighted by atomic mass is 79.9. The third-order valence-electron chi connectivity index (χ3n) is 4.45. The molecule has 4 N–H and O–H groups in total. The Hall–Kier alpha value is -2.90. The van der Waals surface area contributed by atoms with Gasteiger partial charge in [-0.05, 0) is 64.3 Å². The van der Waals surface area contributed by atoms with Gasteiger partial charge in [0.15, 0.2) is 5.13 Å². The molecule has 0 fully saturated rings. The summed E-state index contributed by atoms with van der Waals surface area (Å²) in [6, 6.07) is 17.2. The number of nitrogens with zero attached hydrogens (tertiary/aromatic N) is 1. The maximum atomic E-state index is 13.2. The summed E-state index contributed by atoms with van der Waals surface area (Å²) in [5.41, 5.74) is 10.4. The van der Waals surface area contributed by atoms with Crippen LogP contribution >= 0.6 is 27.3 Å². The van der Waals surface area contributed by atoms with Gasteiger partial charge in [0.25, 0.3) is 0 Å². The molecule has 146 valence electrons. The maximum Gasteiger partial charge on any atom is 0.187 e. The van der Waals surface area contributed by atoms with E-state index in [1.54, 1.807) is 30.3 Å². The van der Waals surface area contributed by atoms with E-state index < -0.39 is 0 Å². The van der Waals surface area contributed by atoms with E-state index in [1.165, 1.54) is 23.5 Å². The SMILES string of the molecule is Cc1nc(Nc2cc(O)c(-c3ccc(N)cc3)cc2Br)sc1-c1ccc(F)cc1. The van der Waals surface area contributed by atoms with Crippen LogP contribution in [0, 0.1) is 12.7 Å². The monoisotopic (exact) mass is 469 g/mol. The number of anilines is 3. The molecule has 0 aliphatic heterocycles. The molecular weight excluding hydrogens is 453 g/mol. The Morgan fingerprint density at radius 3 is 2.38 bits per heavy atom. The number of thiazole rings is 1. The van der Waals surface area contributed by atoms with Gasteiger partial charge in [-0.3, -0.25) is 0 Å². The summed E-state index contributed by atoms with van der Waals surface area (Å²) in [7, 11) is 0. The van der Waals surface area contributed by atoms with Crippen molar-refractivity contribution in [2.45, 2.75) is 6.92 Å². The van der Waals surface area contributed by atoms with Gasteiger partial charge in [-0.25, -0.2) is 9.37 Å². The first-order valence-electron chi connectivity index (χ1n) is 8.79. The number of nitrogens with two attached hydrogens (primary N) is 1. The number of hydrogen-bond acceptors (Lipinski definition) is 5. The number of halogens is 2. The number of rotatable bonds is 4. The second-order valence-corrected chi connectivity index (χ2v) is 8.39. The Kier molecular flexibility index (Phi) is 5.25. The number of aromatic nitrogens is 1. The normalized spacial score (nSPS) is 10.9. The fraction of sp³-hybridized carbons (Fsp3) is 0.0455. The summed E-state index contributed by atoms with van der Waals surface area (Å²) in [5.74, 6) is -0.123. The van der Waals surface area contributed by atoms with E-state index in [0.29, 0.717) is 22.1 Å². The molecule has 7 heteroatoms. The van der Waals surface area contributed by atoms with Crippen molar-refractivity contribution in [3.63, 3.8) is 0 Å². The zero-order chi connectivity index (χ0) is 20.5. The largest absolute Gasteiger partial charge is 0.507 e. The third-order valence-corrected chi connectivity index (χ3v) is 6.23. The van der Waals surface area contributed by atoms with Gasteiger partial charge in [-0.2, -0.15) is 0 Å². The first kappa shape index (κ1) is 19.4. The molecule has 0 saturated heterocycles. The average molecular weight is 470 g/mol. The first-order chi connectivity index (χ1) is 13.9. The fourth-order valence-corrected chi connectivity index (χ4v) is 4.41. The lowest BCUT2D eigenvalue weighted by molar-refractivity contribution is 0.477. The van der Waals surface area contributed by atoms with Crippen molar-refractivity contribution in [1.29, 1.82) is 0 Å². The van der Waals surface area contributed by atoms with Crippen LogP contribution in [0.15, 0.2) is 65.1 Å². The van der Waals surface area contributed by atoms with Crippen LogP contribution in [-0.2, 0) is 0 Å². The predicted molar refractivity (Wildman–Crippen MR) is 121 cm³/mol. The summed E-state index contributed by atoms with van der Waals surface area (Å²) in [4.78, 5) is 5.53. The number of nitrogen functional groups attached to an aromatic ring is 1. The Morgan fingerprint density at radius 1 is 1.03 bits per heavy atom. The molecule has 0 aliphatic rings. The smallest absolute Gasteiger partial charge is 0.187 e. The predicted octanol–water partition coefficient (Wildman–Crippen LogP) is 6.72. The highest BCUT2D eigenvalue weighted by Gasteiger charge is 2.14. The van der Waals surface area contributed by atoms with E-state index in [1.807, 2.05) is 25.1 Å². The number of hydrogen-bond donors (Lipinski definition) is 3. The number of nitrogens with one attached hydrogen (secondary N) is 1. The van der Waals surface area contributed by atoms with E-state index in [2.05, 4.69) is 26.2 Å². The number of aryl methyl sites for hydroxylation is 1. The Morgan fingerprint density at radius 2 is 1.69 bits per heavy atom. The van der Waals surface area contributed by atoms with Gasteiger partial charge in [0.05, 0.1) is 16.3 Å². The molecule has 0 unspecified atom stereocenters. The zero-order valence-electron chi connectivity index (χ0n) is 15.4. The van der Waals surface area contributed by atoms with Gasteiger partial charge in [0.2, 0.25) is 0 Å². The lowest BCUT2D eigenvalue weighted by atomic mass is 10.0. The topological polar surface area (TPSA) is 71.2 Å². The van der Waals surface area contributed by atoms with Crippen LogP contribution in [0.3, 0.4) is 0 Å². The zero-order valence-corrected chi connectivity index (χ0v) is 17.8. The highest BCUT2D eigenvalue weighted by Crippen LogP contribution is 2.40. The van der Waals surface area contributed by atoms with Crippen LogP contribution in [0.5, 0.6) is 5.75 Å². The van der Waals surface area contributed by atoms with Crippen LogP contribution in [0.25, 0.3) is 21.6 Å². The lowest BCUT2D eigenvalue weighted by Gasteiger charge is -2.11.